The Morgan fingerprint density at radius 1 is 0.958 bits per heavy atom. The van der Waals surface area contributed by atoms with Crippen molar-refractivity contribution in [3.8, 4) is 17.2 Å². The fourth-order valence-electron chi connectivity index (χ4n) is 3.15. The number of hydrogen-bond donors (Lipinski definition) is 1. The molecular formula is C19H24ClNO3. The molecule has 1 heterocycles. The Balaban J connectivity index is 0.00000208. The van der Waals surface area contributed by atoms with Crippen molar-refractivity contribution in [1.29, 1.82) is 0 Å². The van der Waals surface area contributed by atoms with Gasteiger partial charge in [0.2, 0.25) is 0 Å². The number of hydrogen-bond acceptors (Lipinski definition) is 4. The molecule has 0 saturated heterocycles. The van der Waals surface area contributed by atoms with Crippen molar-refractivity contribution in [3.05, 3.63) is 53.1 Å². The maximum atomic E-state index is 5.46. The van der Waals surface area contributed by atoms with E-state index in [0.29, 0.717) is 0 Å². The maximum Gasteiger partial charge on any atom is 0.161 e. The largest absolute Gasteiger partial charge is 0.497 e. The molecule has 0 bridgehead atoms. The Bertz CT molecular complexity index is 673. The molecule has 1 N–H and O–H groups in total. The lowest BCUT2D eigenvalue weighted by Gasteiger charge is -2.28. The highest BCUT2D eigenvalue weighted by Crippen LogP contribution is 2.36. The second-order valence-corrected chi connectivity index (χ2v) is 5.71. The Morgan fingerprint density at radius 2 is 1.62 bits per heavy atom. The molecule has 1 aliphatic rings. The predicted octanol–water partition coefficient (Wildman–Crippen LogP) is 3.56. The van der Waals surface area contributed by atoms with E-state index in [1.165, 1.54) is 16.7 Å². The van der Waals surface area contributed by atoms with Crippen molar-refractivity contribution in [2.75, 3.05) is 27.9 Å². The molecule has 1 atom stereocenters. The van der Waals surface area contributed by atoms with Crippen LogP contribution in [0.3, 0.4) is 0 Å². The van der Waals surface area contributed by atoms with Gasteiger partial charge >= 0.3 is 0 Å². The standard InChI is InChI=1S/C19H23NO3.ClH/c1-21-15-6-4-13(5-7-15)10-17-16-12-19(23-3)18(22-2)11-14(16)8-9-20-17;/h4-7,11-12,17,20H,8-10H2,1-3H3;1H/t17-;/m1./s1. The van der Waals surface area contributed by atoms with Crippen LogP contribution < -0.4 is 19.5 Å². The second kappa shape index (κ2) is 8.27. The van der Waals surface area contributed by atoms with Crippen LogP contribution in [-0.2, 0) is 12.8 Å². The van der Waals surface area contributed by atoms with E-state index in [2.05, 4.69) is 29.6 Å². The molecule has 5 heteroatoms. The van der Waals surface area contributed by atoms with Gasteiger partial charge in [0.05, 0.1) is 21.3 Å². The minimum atomic E-state index is 0. The number of benzene rings is 2. The molecule has 4 nitrogen and oxygen atoms in total. The summed E-state index contributed by atoms with van der Waals surface area (Å²) < 4.78 is 16.1. The summed E-state index contributed by atoms with van der Waals surface area (Å²) in [4.78, 5) is 0. The first-order chi connectivity index (χ1) is 11.2. The number of methoxy groups -OCH3 is 3. The van der Waals surface area contributed by atoms with E-state index in [0.717, 1.165) is 36.6 Å². The van der Waals surface area contributed by atoms with Crippen LogP contribution in [0.5, 0.6) is 17.2 Å². The van der Waals surface area contributed by atoms with Gasteiger partial charge in [0.15, 0.2) is 11.5 Å². The van der Waals surface area contributed by atoms with Crippen molar-refractivity contribution in [3.63, 3.8) is 0 Å². The van der Waals surface area contributed by atoms with E-state index in [-0.39, 0.29) is 18.4 Å². The number of fused-ring (bicyclic) bond motifs is 1. The van der Waals surface area contributed by atoms with E-state index in [4.69, 9.17) is 14.2 Å². The van der Waals surface area contributed by atoms with Crippen LogP contribution >= 0.6 is 12.4 Å². The van der Waals surface area contributed by atoms with Crippen molar-refractivity contribution >= 4 is 12.4 Å². The van der Waals surface area contributed by atoms with Gasteiger partial charge in [0.1, 0.15) is 5.75 Å². The van der Waals surface area contributed by atoms with Gasteiger partial charge in [-0.15, -0.1) is 12.4 Å². The van der Waals surface area contributed by atoms with Crippen molar-refractivity contribution in [1.82, 2.24) is 5.32 Å². The van der Waals surface area contributed by atoms with E-state index < -0.39 is 0 Å². The molecule has 0 radical (unpaired) electrons. The van der Waals surface area contributed by atoms with Gasteiger partial charge in [0, 0.05) is 6.04 Å². The van der Waals surface area contributed by atoms with Gasteiger partial charge in [-0.3, -0.25) is 0 Å². The highest BCUT2D eigenvalue weighted by molar-refractivity contribution is 5.85. The van der Waals surface area contributed by atoms with Crippen LogP contribution in [0.15, 0.2) is 36.4 Å². The lowest BCUT2D eigenvalue weighted by Crippen LogP contribution is -2.31. The smallest absolute Gasteiger partial charge is 0.161 e. The molecule has 0 saturated carbocycles. The maximum absolute atomic E-state index is 5.46. The van der Waals surface area contributed by atoms with Crippen molar-refractivity contribution in [2.24, 2.45) is 0 Å². The molecule has 2 aromatic rings. The first-order valence-electron chi connectivity index (χ1n) is 7.86. The fourth-order valence-corrected chi connectivity index (χ4v) is 3.15. The van der Waals surface area contributed by atoms with Gasteiger partial charge < -0.3 is 19.5 Å². The van der Waals surface area contributed by atoms with Crippen LogP contribution in [-0.4, -0.2) is 27.9 Å². The van der Waals surface area contributed by atoms with Gasteiger partial charge in [-0.25, -0.2) is 0 Å². The van der Waals surface area contributed by atoms with Crippen LogP contribution in [0.25, 0.3) is 0 Å². The molecule has 0 fully saturated rings. The first-order valence-corrected chi connectivity index (χ1v) is 7.86. The summed E-state index contributed by atoms with van der Waals surface area (Å²) in [5.74, 6) is 2.48. The molecular weight excluding hydrogens is 326 g/mol. The average molecular weight is 350 g/mol. The normalized spacial score (nSPS) is 15.9. The average Bonchev–Trinajstić information content (AvgIpc) is 2.61. The van der Waals surface area contributed by atoms with Crippen LogP contribution in [0, 0.1) is 0 Å². The monoisotopic (exact) mass is 349 g/mol. The van der Waals surface area contributed by atoms with Crippen molar-refractivity contribution in [2.45, 2.75) is 18.9 Å². The summed E-state index contributed by atoms with van der Waals surface area (Å²) in [7, 11) is 5.05. The van der Waals surface area contributed by atoms with E-state index in [1.54, 1.807) is 21.3 Å². The molecule has 1 aliphatic heterocycles. The van der Waals surface area contributed by atoms with Gasteiger partial charge in [0.25, 0.3) is 0 Å². The summed E-state index contributed by atoms with van der Waals surface area (Å²) >= 11 is 0. The van der Waals surface area contributed by atoms with Crippen LogP contribution in [0.4, 0.5) is 0 Å². The number of ether oxygens (including phenoxy) is 3. The predicted molar refractivity (Wildman–Crippen MR) is 97.9 cm³/mol. The Hall–Kier alpha value is -1.91. The summed E-state index contributed by atoms with van der Waals surface area (Å²) in [5.41, 5.74) is 3.91. The van der Waals surface area contributed by atoms with Crippen molar-refractivity contribution < 1.29 is 14.2 Å². The highest BCUT2D eigenvalue weighted by Gasteiger charge is 2.22. The fraction of sp³-hybridized carbons (Fsp3) is 0.368. The zero-order valence-corrected chi connectivity index (χ0v) is 15.1. The highest BCUT2D eigenvalue weighted by atomic mass is 35.5. The Kier molecular flexibility index (Phi) is 6.35. The van der Waals surface area contributed by atoms with Gasteiger partial charge in [-0.1, -0.05) is 12.1 Å². The number of halogens is 1. The number of nitrogens with one attached hydrogen (secondary N) is 1. The third-order valence-electron chi connectivity index (χ3n) is 4.40. The minimum Gasteiger partial charge on any atom is -0.497 e. The molecule has 3 rings (SSSR count). The molecule has 0 unspecified atom stereocenters. The third-order valence-corrected chi connectivity index (χ3v) is 4.40. The molecule has 0 spiro atoms. The van der Waals surface area contributed by atoms with E-state index >= 15 is 0 Å². The summed E-state index contributed by atoms with van der Waals surface area (Å²) in [6.45, 7) is 0.976. The topological polar surface area (TPSA) is 39.7 Å². The van der Waals surface area contributed by atoms with Gasteiger partial charge in [-0.2, -0.15) is 0 Å². The van der Waals surface area contributed by atoms with Crippen LogP contribution in [0.2, 0.25) is 0 Å². The SMILES string of the molecule is COc1ccc(C[C@H]2NCCc3cc(OC)c(OC)cc32)cc1.Cl. The quantitative estimate of drug-likeness (QED) is 0.895. The number of rotatable bonds is 5. The summed E-state index contributed by atoms with van der Waals surface area (Å²) in [6, 6.07) is 12.8. The lowest BCUT2D eigenvalue weighted by atomic mass is 9.90. The molecule has 0 amide bonds. The second-order valence-electron chi connectivity index (χ2n) is 5.71. The van der Waals surface area contributed by atoms with Crippen LogP contribution in [0.1, 0.15) is 22.7 Å². The zero-order chi connectivity index (χ0) is 16.2. The minimum absolute atomic E-state index is 0. The molecule has 2 aromatic carbocycles. The Morgan fingerprint density at radius 3 is 2.25 bits per heavy atom. The third kappa shape index (κ3) is 3.77. The first kappa shape index (κ1) is 18.4. The summed E-state index contributed by atoms with van der Waals surface area (Å²) in [6.07, 6.45) is 1.95. The zero-order valence-electron chi connectivity index (χ0n) is 14.3. The van der Waals surface area contributed by atoms with E-state index in [1.807, 2.05) is 12.1 Å². The van der Waals surface area contributed by atoms with Gasteiger partial charge in [-0.05, 0) is 60.3 Å². The molecule has 0 aliphatic carbocycles. The molecule has 24 heavy (non-hydrogen) atoms. The van der Waals surface area contributed by atoms with E-state index in [9.17, 15) is 0 Å². The molecule has 0 aromatic heterocycles. The summed E-state index contributed by atoms with van der Waals surface area (Å²) in [5, 5.41) is 3.61. The Labute approximate surface area is 149 Å². The lowest BCUT2D eigenvalue weighted by molar-refractivity contribution is 0.352. The molecule has 130 valence electrons.